The standard InChI is InChI=1S/C17H17N2/c1-18-13-7-9-14-8-6-12-16(17(14)18)19(2)15-10-4-3-5-11-15/h3-13H,1-2H3/q+1. The summed E-state index contributed by atoms with van der Waals surface area (Å²) in [6, 6.07) is 21.1. The van der Waals surface area contributed by atoms with E-state index in [1.165, 1.54) is 22.3 Å². The second-order valence-corrected chi connectivity index (χ2v) is 4.73. The molecule has 1 aromatic heterocycles. The molecule has 19 heavy (non-hydrogen) atoms. The lowest BCUT2D eigenvalue weighted by Gasteiger charge is -2.19. The van der Waals surface area contributed by atoms with Crippen molar-refractivity contribution in [3.63, 3.8) is 0 Å². The van der Waals surface area contributed by atoms with Gasteiger partial charge in [-0.1, -0.05) is 24.3 Å². The lowest BCUT2D eigenvalue weighted by atomic mass is 10.1. The number of hydrogen-bond acceptors (Lipinski definition) is 1. The van der Waals surface area contributed by atoms with Gasteiger partial charge in [0.05, 0.1) is 0 Å². The zero-order chi connectivity index (χ0) is 13.2. The highest BCUT2D eigenvalue weighted by Crippen LogP contribution is 2.28. The van der Waals surface area contributed by atoms with Crippen molar-refractivity contribution in [3.8, 4) is 0 Å². The Labute approximate surface area is 113 Å². The van der Waals surface area contributed by atoms with Crippen molar-refractivity contribution < 1.29 is 4.57 Å². The smallest absolute Gasteiger partial charge is 0.236 e. The Balaban J connectivity index is 2.21. The van der Waals surface area contributed by atoms with Gasteiger partial charge in [0.15, 0.2) is 6.20 Å². The Morgan fingerprint density at radius 2 is 1.58 bits per heavy atom. The van der Waals surface area contributed by atoms with E-state index in [4.69, 9.17) is 0 Å². The van der Waals surface area contributed by atoms with Crippen LogP contribution in [0.3, 0.4) is 0 Å². The zero-order valence-electron chi connectivity index (χ0n) is 11.2. The van der Waals surface area contributed by atoms with Crippen molar-refractivity contribution in [1.82, 2.24) is 0 Å². The highest BCUT2D eigenvalue weighted by Gasteiger charge is 2.14. The van der Waals surface area contributed by atoms with Gasteiger partial charge >= 0.3 is 0 Å². The largest absolute Gasteiger partial charge is 0.339 e. The Kier molecular flexibility index (Phi) is 2.92. The number of hydrogen-bond donors (Lipinski definition) is 0. The first-order valence-corrected chi connectivity index (χ1v) is 6.43. The molecule has 0 bridgehead atoms. The summed E-state index contributed by atoms with van der Waals surface area (Å²) in [5.74, 6) is 0. The van der Waals surface area contributed by atoms with Crippen LogP contribution in [-0.4, -0.2) is 7.05 Å². The summed E-state index contributed by atoms with van der Waals surface area (Å²) in [6.45, 7) is 0. The number of pyridine rings is 1. The van der Waals surface area contributed by atoms with Crippen LogP contribution in [-0.2, 0) is 7.05 Å². The molecule has 0 amide bonds. The summed E-state index contributed by atoms with van der Waals surface area (Å²) >= 11 is 0. The number of para-hydroxylation sites is 2. The molecule has 0 saturated heterocycles. The number of benzene rings is 2. The fourth-order valence-corrected chi connectivity index (χ4v) is 2.48. The summed E-state index contributed by atoms with van der Waals surface area (Å²) in [4.78, 5) is 2.22. The molecule has 2 nitrogen and oxygen atoms in total. The van der Waals surface area contributed by atoms with E-state index in [1.54, 1.807) is 0 Å². The summed E-state index contributed by atoms with van der Waals surface area (Å²) < 4.78 is 2.17. The number of fused-ring (bicyclic) bond motifs is 1. The van der Waals surface area contributed by atoms with Gasteiger partial charge in [-0.3, -0.25) is 0 Å². The Hall–Kier alpha value is -2.35. The molecule has 0 unspecified atom stereocenters. The van der Waals surface area contributed by atoms with Gasteiger partial charge in [-0.15, -0.1) is 0 Å². The van der Waals surface area contributed by atoms with Crippen LogP contribution in [0.1, 0.15) is 0 Å². The van der Waals surface area contributed by atoms with E-state index in [9.17, 15) is 0 Å². The topological polar surface area (TPSA) is 7.12 Å². The predicted molar refractivity (Wildman–Crippen MR) is 79.6 cm³/mol. The average Bonchev–Trinajstić information content (AvgIpc) is 2.47. The van der Waals surface area contributed by atoms with Crippen molar-refractivity contribution in [2.45, 2.75) is 0 Å². The molecular formula is C17H17N2+. The van der Waals surface area contributed by atoms with Crippen LogP contribution in [0.25, 0.3) is 10.9 Å². The monoisotopic (exact) mass is 249 g/mol. The van der Waals surface area contributed by atoms with E-state index in [-0.39, 0.29) is 0 Å². The number of aromatic nitrogens is 1. The molecule has 0 radical (unpaired) electrons. The SMILES string of the molecule is CN(c1ccccc1)c1cccc2ccc[n+](C)c12. The van der Waals surface area contributed by atoms with Crippen LogP contribution >= 0.6 is 0 Å². The van der Waals surface area contributed by atoms with Crippen LogP contribution in [0.5, 0.6) is 0 Å². The maximum atomic E-state index is 2.22. The van der Waals surface area contributed by atoms with Crippen LogP contribution < -0.4 is 9.47 Å². The molecule has 0 aliphatic heterocycles. The lowest BCUT2D eigenvalue weighted by Crippen LogP contribution is -2.29. The number of aryl methyl sites for hydroxylation is 1. The highest BCUT2D eigenvalue weighted by atomic mass is 15.1. The minimum atomic E-state index is 1.19. The molecule has 0 aliphatic rings. The first-order valence-electron chi connectivity index (χ1n) is 6.43. The number of nitrogens with zero attached hydrogens (tertiary/aromatic N) is 2. The molecule has 3 aromatic rings. The fraction of sp³-hybridized carbons (Fsp3) is 0.118. The predicted octanol–water partition coefficient (Wildman–Crippen LogP) is 3.43. The minimum Gasteiger partial charge on any atom is -0.339 e. The summed E-state index contributed by atoms with van der Waals surface area (Å²) in [5, 5.41) is 1.25. The van der Waals surface area contributed by atoms with Gasteiger partial charge in [0.2, 0.25) is 5.52 Å². The van der Waals surface area contributed by atoms with Crippen molar-refractivity contribution in [1.29, 1.82) is 0 Å². The molecule has 3 rings (SSSR count). The van der Waals surface area contributed by atoms with E-state index < -0.39 is 0 Å². The molecule has 0 atom stereocenters. The Bertz CT molecular complexity index is 700. The molecule has 1 heterocycles. The van der Waals surface area contributed by atoms with E-state index in [0.29, 0.717) is 0 Å². The molecule has 2 heteroatoms. The first kappa shape index (κ1) is 11.7. The quantitative estimate of drug-likeness (QED) is 0.631. The number of rotatable bonds is 2. The maximum Gasteiger partial charge on any atom is 0.236 e. The van der Waals surface area contributed by atoms with E-state index in [1.807, 2.05) is 6.07 Å². The maximum absolute atomic E-state index is 2.22. The second-order valence-electron chi connectivity index (χ2n) is 4.73. The fourth-order valence-electron chi connectivity index (χ4n) is 2.48. The second kappa shape index (κ2) is 4.73. The summed E-state index contributed by atoms with van der Waals surface area (Å²) in [7, 11) is 4.20. The van der Waals surface area contributed by atoms with Crippen molar-refractivity contribution >= 4 is 22.3 Å². The number of anilines is 2. The first-order chi connectivity index (χ1) is 9.27. The normalized spacial score (nSPS) is 10.6. The highest BCUT2D eigenvalue weighted by molar-refractivity contribution is 5.90. The van der Waals surface area contributed by atoms with Gasteiger partial charge in [-0.05, 0) is 30.3 Å². The third-order valence-corrected chi connectivity index (χ3v) is 3.49. The molecule has 94 valence electrons. The molecule has 0 aliphatic carbocycles. The van der Waals surface area contributed by atoms with Gasteiger partial charge in [0.1, 0.15) is 12.7 Å². The summed E-state index contributed by atoms with van der Waals surface area (Å²) in [5.41, 5.74) is 3.65. The molecule has 0 spiro atoms. The van der Waals surface area contributed by atoms with Gasteiger partial charge in [-0.2, -0.15) is 4.57 Å². The van der Waals surface area contributed by atoms with Crippen LogP contribution in [0, 0.1) is 0 Å². The molecule has 0 N–H and O–H groups in total. The van der Waals surface area contributed by atoms with Gasteiger partial charge in [0, 0.05) is 24.2 Å². The third-order valence-electron chi connectivity index (χ3n) is 3.49. The van der Waals surface area contributed by atoms with Crippen molar-refractivity contribution in [2.75, 3.05) is 11.9 Å². The Morgan fingerprint density at radius 1 is 0.842 bits per heavy atom. The zero-order valence-corrected chi connectivity index (χ0v) is 11.2. The van der Waals surface area contributed by atoms with Crippen LogP contribution in [0.15, 0.2) is 66.9 Å². The molecule has 0 fully saturated rings. The van der Waals surface area contributed by atoms with E-state index in [2.05, 4.69) is 84.4 Å². The van der Waals surface area contributed by atoms with Crippen LogP contribution in [0.2, 0.25) is 0 Å². The third kappa shape index (κ3) is 2.06. The Morgan fingerprint density at radius 3 is 2.37 bits per heavy atom. The minimum absolute atomic E-state index is 1.19. The molecule has 0 saturated carbocycles. The average molecular weight is 249 g/mol. The summed E-state index contributed by atoms with van der Waals surface area (Å²) in [6.07, 6.45) is 2.09. The molecule has 2 aromatic carbocycles. The van der Waals surface area contributed by atoms with Crippen molar-refractivity contribution in [3.05, 3.63) is 66.9 Å². The van der Waals surface area contributed by atoms with E-state index >= 15 is 0 Å². The van der Waals surface area contributed by atoms with Crippen molar-refractivity contribution in [2.24, 2.45) is 7.05 Å². The van der Waals surface area contributed by atoms with E-state index in [0.717, 1.165) is 0 Å². The van der Waals surface area contributed by atoms with Gasteiger partial charge in [-0.25, -0.2) is 0 Å². The lowest BCUT2D eigenvalue weighted by molar-refractivity contribution is -0.644. The van der Waals surface area contributed by atoms with Gasteiger partial charge in [0.25, 0.3) is 0 Å². The van der Waals surface area contributed by atoms with Crippen LogP contribution in [0.4, 0.5) is 11.4 Å². The molecular weight excluding hydrogens is 232 g/mol. The van der Waals surface area contributed by atoms with Gasteiger partial charge < -0.3 is 4.90 Å².